The zero-order valence-electron chi connectivity index (χ0n) is 21.8. The van der Waals surface area contributed by atoms with Crippen LogP contribution < -0.4 is 19.3 Å². The molecule has 1 amide bonds. The Balaban J connectivity index is 1.70. The van der Waals surface area contributed by atoms with Gasteiger partial charge in [-0.15, -0.1) is 0 Å². The Kier molecular flexibility index (Phi) is 6.28. The normalized spacial score (nSPS) is 16.8. The third-order valence-corrected chi connectivity index (χ3v) is 6.74. The maximum atomic E-state index is 13.5. The molecule has 0 aliphatic carbocycles. The van der Waals surface area contributed by atoms with Crippen molar-refractivity contribution in [1.29, 1.82) is 0 Å². The molecule has 9 heteroatoms. The molecule has 1 aromatic heterocycles. The van der Waals surface area contributed by atoms with Crippen LogP contribution in [0.25, 0.3) is 16.8 Å². The fraction of sp³-hybridized carbons (Fsp3) is 0.207. The minimum absolute atomic E-state index is 0.0183. The van der Waals surface area contributed by atoms with Crippen LogP contribution in [0.2, 0.25) is 0 Å². The van der Waals surface area contributed by atoms with Crippen LogP contribution in [0.1, 0.15) is 22.7 Å². The molecule has 1 fully saturated rings. The number of anilines is 2. The number of methoxy groups -OCH3 is 2. The lowest BCUT2D eigenvalue weighted by Crippen LogP contribution is -2.30. The molecule has 0 saturated carbocycles. The smallest absolute Gasteiger partial charge is 0.302 e. The van der Waals surface area contributed by atoms with E-state index in [1.807, 2.05) is 50.2 Å². The van der Waals surface area contributed by atoms with Gasteiger partial charge in [-0.2, -0.15) is 0 Å². The molecular weight excluding hydrogens is 484 g/mol. The maximum Gasteiger partial charge on any atom is 0.302 e. The van der Waals surface area contributed by atoms with Crippen molar-refractivity contribution in [2.75, 3.05) is 38.1 Å². The average Bonchev–Trinajstić information content (AvgIpc) is 3.45. The number of aliphatic hydroxyl groups is 1. The molecule has 38 heavy (non-hydrogen) atoms. The number of hydrogen-bond acceptors (Lipinski definition) is 7. The molecule has 5 rings (SSSR count). The fourth-order valence-electron chi connectivity index (χ4n) is 4.72. The van der Waals surface area contributed by atoms with Gasteiger partial charge in [0.25, 0.3) is 5.78 Å². The van der Waals surface area contributed by atoms with Gasteiger partial charge in [0.05, 0.1) is 36.9 Å². The molecule has 4 aromatic rings. The van der Waals surface area contributed by atoms with Crippen molar-refractivity contribution in [3.63, 3.8) is 0 Å². The van der Waals surface area contributed by atoms with E-state index in [9.17, 15) is 14.7 Å². The standard InChI is InChI=1S/C29H28N4O5/c1-16-14-18(8-13-23(16)38-5)26(34)24-25(17-6-9-19(10-7-17)32(2)3)33(28(36)27(24)35)29-30-21-12-11-20(37-4)15-22(21)31-29/h6-15,25,34H,1-5H3,(H,30,31)/b26-24+. The Labute approximate surface area is 219 Å². The van der Waals surface area contributed by atoms with Gasteiger partial charge in [0, 0.05) is 31.4 Å². The number of benzene rings is 3. The lowest BCUT2D eigenvalue weighted by atomic mass is 9.94. The van der Waals surface area contributed by atoms with Gasteiger partial charge >= 0.3 is 5.91 Å². The van der Waals surface area contributed by atoms with Gasteiger partial charge in [-0.25, -0.2) is 4.98 Å². The van der Waals surface area contributed by atoms with Crippen LogP contribution in [0, 0.1) is 6.92 Å². The van der Waals surface area contributed by atoms with Gasteiger partial charge in [0.15, 0.2) is 0 Å². The predicted octanol–water partition coefficient (Wildman–Crippen LogP) is 4.58. The van der Waals surface area contributed by atoms with Crippen molar-refractivity contribution in [1.82, 2.24) is 9.97 Å². The molecule has 1 aliphatic rings. The molecule has 0 radical (unpaired) electrons. The first-order valence-corrected chi connectivity index (χ1v) is 12.0. The van der Waals surface area contributed by atoms with Crippen molar-refractivity contribution in [3.05, 3.63) is 82.9 Å². The highest BCUT2D eigenvalue weighted by atomic mass is 16.5. The molecule has 2 N–H and O–H groups in total. The number of hydrogen-bond donors (Lipinski definition) is 2. The summed E-state index contributed by atoms with van der Waals surface area (Å²) in [5, 5.41) is 11.4. The number of nitrogens with one attached hydrogen (secondary N) is 1. The second-order valence-corrected chi connectivity index (χ2v) is 9.28. The summed E-state index contributed by atoms with van der Waals surface area (Å²) < 4.78 is 10.6. The van der Waals surface area contributed by atoms with Gasteiger partial charge in [-0.3, -0.25) is 14.5 Å². The molecule has 1 atom stereocenters. The van der Waals surface area contributed by atoms with E-state index in [0.29, 0.717) is 33.7 Å². The number of aromatic nitrogens is 2. The number of aromatic amines is 1. The largest absolute Gasteiger partial charge is 0.507 e. The molecule has 0 bridgehead atoms. The van der Waals surface area contributed by atoms with Crippen molar-refractivity contribution < 1.29 is 24.2 Å². The Hall–Kier alpha value is -4.79. The summed E-state index contributed by atoms with van der Waals surface area (Å²) in [6, 6.07) is 17.0. The van der Waals surface area contributed by atoms with Gasteiger partial charge in [0.1, 0.15) is 17.3 Å². The summed E-state index contributed by atoms with van der Waals surface area (Å²) in [5.41, 5.74) is 4.03. The summed E-state index contributed by atoms with van der Waals surface area (Å²) in [5.74, 6) is -0.380. The van der Waals surface area contributed by atoms with Gasteiger partial charge in [-0.1, -0.05) is 12.1 Å². The first-order valence-electron chi connectivity index (χ1n) is 12.0. The minimum atomic E-state index is -0.906. The van der Waals surface area contributed by atoms with E-state index in [2.05, 4.69) is 9.97 Å². The third-order valence-electron chi connectivity index (χ3n) is 6.74. The number of rotatable bonds is 6. The number of amides is 1. The van der Waals surface area contributed by atoms with Crippen LogP contribution >= 0.6 is 0 Å². The molecular formula is C29H28N4O5. The maximum absolute atomic E-state index is 13.5. The van der Waals surface area contributed by atoms with E-state index in [1.54, 1.807) is 50.6 Å². The van der Waals surface area contributed by atoms with Crippen LogP contribution in [-0.4, -0.2) is 55.1 Å². The molecule has 1 aliphatic heterocycles. The average molecular weight is 513 g/mol. The van der Waals surface area contributed by atoms with Gasteiger partial charge in [0.2, 0.25) is 5.95 Å². The number of aryl methyl sites for hydroxylation is 1. The minimum Gasteiger partial charge on any atom is -0.507 e. The number of aliphatic hydroxyl groups excluding tert-OH is 1. The van der Waals surface area contributed by atoms with Crippen LogP contribution in [0.3, 0.4) is 0 Å². The van der Waals surface area contributed by atoms with Crippen molar-refractivity contribution in [2.24, 2.45) is 0 Å². The Morgan fingerprint density at radius 3 is 2.37 bits per heavy atom. The Bertz CT molecular complexity index is 1590. The SMILES string of the molecule is COc1ccc2nc(N3C(=O)C(=O)/C(=C(/O)c4ccc(OC)c(C)c4)C3c3ccc(N(C)C)cc3)[nH]c2c1. The monoisotopic (exact) mass is 512 g/mol. The number of carbonyl (C=O) groups excluding carboxylic acids is 2. The lowest BCUT2D eigenvalue weighted by Gasteiger charge is -2.24. The summed E-state index contributed by atoms with van der Waals surface area (Å²) in [7, 11) is 6.98. The second-order valence-electron chi connectivity index (χ2n) is 9.28. The second kappa shape index (κ2) is 9.59. The summed E-state index contributed by atoms with van der Waals surface area (Å²) in [6.45, 7) is 1.84. The Morgan fingerprint density at radius 1 is 1.00 bits per heavy atom. The van der Waals surface area contributed by atoms with E-state index in [4.69, 9.17) is 9.47 Å². The molecule has 1 saturated heterocycles. The van der Waals surface area contributed by atoms with E-state index in [0.717, 1.165) is 11.3 Å². The van der Waals surface area contributed by atoms with Crippen molar-refractivity contribution in [3.8, 4) is 11.5 Å². The lowest BCUT2D eigenvalue weighted by molar-refractivity contribution is -0.132. The van der Waals surface area contributed by atoms with Crippen molar-refractivity contribution in [2.45, 2.75) is 13.0 Å². The number of H-pyrrole nitrogens is 1. The van der Waals surface area contributed by atoms with Crippen LogP contribution in [0.5, 0.6) is 11.5 Å². The fourth-order valence-corrected chi connectivity index (χ4v) is 4.72. The number of ketones is 1. The number of imidazole rings is 1. The zero-order valence-corrected chi connectivity index (χ0v) is 21.8. The highest BCUT2D eigenvalue weighted by Crippen LogP contribution is 2.42. The molecule has 3 aromatic carbocycles. The van der Waals surface area contributed by atoms with Gasteiger partial charge < -0.3 is 24.5 Å². The first kappa shape index (κ1) is 24.9. The molecule has 0 spiro atoms. The molecule has 194 valence electrons. The number of fused-ring (bicyclic) bond motifs is 1. The quantitative estimate of drug-likeness (QED) is 0.221. The summed E-state index contributed by atoms with van der Waals surface area (Å²) in [6.07, 6.45) is 0. The zero-order chi connectivity index (χ0) is 27.1. The van der Waals surface area contributed by atoms with Gasteiger partial charge in [-0.05, 0) is 60.5 Å². The van der Waals surface area contributed by atoms with E-state index in [-0.39, 0.29) is 17.3 Å². The summed E-state index contributed by atoms with van der Waals surface area (Å²) >= 11 is 0. The van der Waals surface area contributed by atoms with Crippen LogP contribution in [0.15, 0.2) is 66.2 Å². The molecule has 9 nitrogen and oxygen atoms in total. The first-order chi connectivity index (χ1) is 18.2. The van der Waals surface area contributed by atoms with E-state index < -0.39 is 17.7 Å². The van der Waals surface area contributed by atoms with Crippen molar-refractivity contribution >= 4 is 40.1 Å². The third kappa shape index (κ3) is 4.11. The highest BCUT2D eigenvalue weighted by Gasteiger charge is 2.48. The Morgan fingerprint density at radius 2 is 1.74 bits per heavy atom. The van der Waals surface area contributed by atoms with Crippen LogP contribution in [-0.2, 0) is 9.59 Å². The molecule has 2 heterocycles. The topological polar surface area (TPSA) is 108 Å². The number of Topliss-reactive ketones (excluding diaryl/α,β-unsaturated/α-hetero) is 1. The predicted molar refractivity (Wildman–Crippen MR) is 146 cm³/mol. The van der Waals surface area contributed by atoms with Crippen LogP contribution in [0.4, 0.5) is 11.6 Å². The molecule has 1 unspecified atom stereocenters. The highest BCUT2D eigenvalue weighted by molar-refractivity contribution is 6.51. The van der Waals surface area contributed by atoms with E-state index in [1.165, 1.54) is 4.90 Å². The number of carbonyl (C=O) groups is 2. The summed E-state index contributed by atoms with van der Waals surface area (Å²) in [4.78, 5) is 38.0. The van der Waals surface area contributed by atoms with E-state index >= 15 is 0 Å². The number of nitrogens with zero attached hydrogens (tertiary/aromatic N) is 3. The number of ether oxygens (including phenoxy) is 2.